The normalized spacial score (nSPS) is 18.9. The van der Waals surface area contributed by atoms with Gasteiger partial charge in [0.2, 0.25) is 5.91 Å². The van der Waals surface area contributed by atoms with Crippen LogP contribution in [0.25, 0.3) is 0 Å². The molecule has 2 heterocycles. The van der Waals surface area contributed by atoms with Gasteiger partial charge in [0, 0.05) is 13.1 Å². The van der Waals surface area contributed by atoms with Gasteiger partial charge >= 0.3 is 5.69 Å². The summed E-state index contributed by atoms with van der Waals surface area (Å²) < 4.78 is 1.35. The smallest absolute Gasteiger partial charge is 0.312 e. The third-order valence-corrected chi connectivity index (χ3v) is 3.33. The SMILES string of the molecule is Cc1nn(CC(=O)N2CC[C@@H](O)C2)c(C)c1[N+](=O)[O-]. The van der Waals surface area contributed by atoms with E-state index in [0.29, 0.717) is 30.9 Å². The molecule has 0 radical (unpaired) electrons. The Balaban J connectivity index is 2.13. The van der Waals surface area contributed by atoms with Gasteiger partial charge in [-0.1, -0.05) is 0 Å². The molecule has 1 aromatic heterocycles. The molecule has 1 amide bonds. The number of aromatic nitrogens is 2. The molecule has 1 fully saturated rings. The van der Waals surface area contributed by atoms with Gasteiger partial charge in [0.1, 0.15) is 17.9 Å². The maximum atomic E-state index is 12.0. The van der Waals surface area contributed by atoms with E-state index in [9.17, 15) is 20.0 Å². The maximum absolute atomic E-state index is 12.0. The van der Waals surface area contributed by atoms with E-state index in [1.165, 1.54) is 4.68 Å². The van der Waals surface area contributed by atoms with Crippen molar-refractivity contribution in [3.8, 4) is 0 Å². The van der Waals surface area contributed by atoms with Crippen molar-refractivity contribution in [3.05, 3.63) is 21.5 Å². The number of aliphatic hydroxyl groups is 1. The van der Waals surface area contributed by atoms with Crippen LogP contribution in [0.3, 0.4) is 0 Å². The number of amides is 1. The monoisotopic (exact) mass is 268 g/mol. The number of β-amino-alcohol motifs (C(OH)–C–C–N with tert-alkyl or cyclic N) is 1. The standard InChI is InChI=1S/C11H16N4O4/c1-7-11(15(18)19)8(2)14(12-7)6-10(17)13-4-3-9(16)5-13/h9,16H,3-6H2,1-2H3/t9-/m1/s1. The third-order valence-electron chi connectivity index (χ3n) is 3.33. The topological polar surface area (TPSA) is 102 Å². The number of nitro groups is 1. The Morgan fingerprint density at radius 2 is 2.26 bits per heavy atom. The third kappa shape index (κ3) is 2.58. The lowest BCUT2D eigenvalue weighted by atomic mass is 10.3. The van der Waals surface area contributed by atoms with Gasteiger partial charge in [-0.3, -0.25) is 19.6 Å². The van der Waals surface area contributed by atoms with Gasteiger partial charge in [0.25, 0.3) is 0 Å². The van der Waals surface area contributed by atoms with Gasteiger partial charge < -0.3 is 10.0 Å². The number of hydrogen-bond acceptors (Lipinski definition) is 5. The number of carbonyl (C=O) groups excluding carboxylic acids is 1. The summed E-state index contributed by atoms with van der Waals surface area (Å²) in [6, 6.07) is 0. The van der Waals surface area contributed by atoms with E-state index in [2.05, 4.69) is 5.10 Å². The average Bonchev–Trinajstić information content (AvgIpc) is 2.84. The molecule has 0 saturated carbocycles. The van der Waals surface area contributed by atoms with Crippen LogP contribution in [0, 0.1) is 24.0 Å². The minimum atomic E-state index is -0.488. The zero-order chi connectivity index (χ0) is 14.2. The first-order chi connectivity index (χ1) is 8.90. The van der Waals surface area contributed by atoms with E-state index < -0.39 is 11.0 Å². The molecule has 0 bridgehead atoms. The second-order valence-electron chi connectivity index (χ2n) is 4.72. The number of nitrogens with zero attached hydrogens (tertiary/aromatic N) is 4. The predicted molar refractivity (Wildman–Crippen MR) is 65.6 cm³/mol. The lowest BCUT2D eigenvalue weighted by Gasteiger charge is -2.15. The van der Waals surface area contributed by atoms with E-state index in [-0.39, 0.29) is 18.1 Å². The van der Waals surface area contributed by atoms with Crippen molar-refractivity contribution in [1.82, 2.24) is 14.7 Å². The molecular weight excluding hydrogens is 252 g/mol. The molecule has 1 saturated heterocycles. The summed E-state index contributed by atoms with van der Waals surface area (Å²) in [5, 5.41) is 24.3. The molecule has 0 spiro atoms. The number of carbonyl (C=O) groups is 1. The molecular formula is C11H16N4O4. The van der Waals surface area contributed by atoms with Crippen LogP contribution in [-0.4, -0.2) is 49.8 Å². The summed E-state index contributed by atoms with van der Waals surface area (Å²) in [6.07, 6.45) is 0.0990. The molecule has 1 aromatic rings. The predicted octanol–water partition coefficient (Wildman–Crippen LogP) is 0.00134. The van der Waals surface area contributed by atoms with E-state index in [1.54, 1.807) is 18.7 Å². The second kappa shape index (κ2) is 4.96. The second-order valence-corrected chi connectivity index (χ2v) is 4.72. The Labute approximate surface area is 109 Å². The van der Waals surface area contributed by atoms with Gasteiger partial charge in [-0.2, -0.15) is 5.10 Å². The van der Waals surface area contributed by atoms with Crippen LogP contribution in [0.5, 0.6) is 0 Å². The molecule has 8 heteroatoms. The molecule has 1 aliphatic rings. The number of rotatable bonds is 3. The van der Waals surface area contributed by atoms with Crippen molar-refractivity contribution in [2.45, 2.75) is 32.9 Å². The first-order valence-corrected chi connectivity index (χ1v) is 6.04. The maximum Gasteiger partial charge on any atom is 0.312 e. The highest BCUT2D eigenvalue weighted by atomic mass is 16.6. The van der Waals surface area contributed by atoms with Crippen molar-refractivity contribution in [2.24, 2.45) is 0 Å². The molecule has 0 unspecified atom stereocenters. The molecule has 0 aromatic carbocycles. The van der Waals surface area contributed by atoms with Gasteiger partial charge in [-0.25, -0.2) is 0 Å². The molecule has 1 atom stereocenters. The van der Waals surface area contributed by atoms with Crippen LogP contribution in [0.1, 0.15) is 17.8 Å². The highest BCUT2D eigenvalue weighted by Crippen LogP contribution is 2.22. The van der Waals surface area contributed by atoms with E-state index in [1.807, 2.05) is 0 Å². The number of hydrogen-bond donors (Lipinski definition) is 1. The van der Waals surface area contributed by atoms with Gasteiger partial charge in [-0.15, -0.1) is 0 Å². The average molecular weight is 268 g/mol. The van der Waals surface area contributed by atoms with Crippen molar-refractivity contribution in [1.29, 1.82) is 0 Å². The van der Waals surface area contributed by atoms with Crippen LogP contribution < -0.4 is 0 Å². The highest BCUT2D eigenvalue weighted by molar-refractivity contribution is 5.76. The summed E-state index contributed by atoms with van der Waals surface area (Å²) in [5.74, 6) is -0.183. The summed E-state index contributed by atoms with van der Waals surface area (Å²) in [5.41, 5.74) is 0.626. The van der Waals surface area contributed by atoms with Crippen LogP contribution in [-0.2, 0) is 11.3 Å². The molecule has 2 rings (SSSR count). The van der Waals surface area contributed by atoms with Crippen molar-refractivity contribution < 1.29 is 14.8 Å². The Morgan fingerprint density at radius 3 is 2.74 bits per heavy atom. The largest absolute Gasteiger partial charge is 0.391 e. The van der Waals surface area contributed by atoms with E-state index >= 15 is 0 Å². The highest BCUT2D eigenvalue weighted by Gasteiger charge is 2.27. The number of aliphatic hydroxyl groups excluding tert-OH is 1. The zero-order valence-electron chi connectivity index (χ0n) is 10.9. The Hall–Kier alpha value is -1.96. The van der Waals surface area contributed by atoms with Crippen molar-refractivity contribution in [2.75, 3.05) is 13.1 Å². The first-order valence-electron chi connectivity index (χ1n) is 6.04. The van der Waals surface area contributed by atoms with Crippen LogP contribution in [0.2, 0.25) is 0 Å². The fourth-order valence-corrected chi connectivity index (χ4v) is 2.30. The molecule has 0 aliphatic carbocycles. The van der Waals surface area contributed by atoms with Gasteiger partial charge in [-0.05, 0) is 20.3 Å². The van der Waals surface area contributed by atoms with Gasteiger partial charge in [0.05, 0.1) is 11.0 Å². The van der Waals surface area contributed by atoms with Crippen LogP contribution in [0.4, 0.5) is 5.69 Å². The molecule has 8 nitrogen and oxygen atoms in total. The van der Waals surface area contributed by atoms with Crippen molar-refractivity contribution in [3.63, 3.8) is 0 Å². The fourth-order valence-electron chi connectivity index (χ4n) is 2.30. The summed E-state index contributed by atoms with van der Waals surface area (Å²) >= 11 is 0. The molecule has 1 N–H and O–H groups in total. The summed E-state index contributed by atoms with van der Waals surface area (Å²) in [6.45, 7) is 3.92. The minimum Gasteiger partial charge on any atom is -0.391 e. The zero-order valence-corrected chi connectivity index (χ0v) is 10.9. The van der Waals surface area contributed by atoms with Gasteiger partial charge in [0.15, 0.2) is 0 Å². The number of aryl methyl sites for hydroxylation is 1. The molecule has 19 heavy (non-hydrogen) atoms. The summed E-state index contributed by atoms with van der Waals surface area (Å²) in [4.78, 5) is 23.9. The Bertz CT molecular complexity index is 525. The molecule has 104 valence electrons. The quantitative estimate of drug-likeness (QED) is 0.614. The Morgan fingerprint density at radius 1 is 1.58 bits per heavy atom. The van der Waals surface area contributed by atoms with Crippen molar-refractivity contribution >= 4 is 11.6 Å². The lowest BCUT2D eigenvalue weighted by Crippen LogP contribution is -2.33. The minimum absolute atomic E-state index is 0.0345. The van der Waals surface area contributed by atoms with E-state index in [0.717, 1.165) is 0 Å². The van der Waals surface area contributed by atoms with Crippen LogP contribution >= 0.6 is 0 Å². The molecule has 1 aliphatic heterocycles. The number of likely N-dealkylation sites (tertiary alicyclic amines) is 1. The van der Waals surface area contributed by atoms with E-state index in [4.69, 9.17) is 0 Å². The lowest BCUT2D eigenvalue weighted by molar-refractivity contribution is -0.386. The Kier molecular flexibility index (Phi) is 3.52. The van der Waals surface area contributed by atoms with Crippen LogP contribution in [0.15, 0.2) is 0 Å². The first kappa shape index (κ1) is 13.5. The summed E-state index contributed by atoms with van der Waals surface area (Å²) in [7, 11) is 0. The fraction of sp³-hybridized carbons (Fsp3) is 0.636.